The van der Waals surface area contributed by atoms with Gasteiger partial charge in [-0.05, 0) is 37.1 Å². The zero-order valence-corrected chi connectivity index (χ0v) is 12.3. The van der Waals surface area contributed by atoms with Gasteiger partial charge in [0, 0.05) is 5.39 Å². The molecule has 3 aromatic rings. The summed E-state index contributed by atoms with van der Waals surface area (Å²) in [4.78, 5) is 26.6. The smallest absolute Gasteiger partial charge is 0.267 e. The first-order valence-electron chi connectivity index (χ1n) is 7.71. The summed E-state index contributed by atoms with van der Waals surface area (Å²) in [6, 6.07) is 15.1. The van der Waals surface area contributed by atoms with Gasteiger partial charge in [-0.25, -0.2) is 4.90 Å². The fourth-order valence-corrected chi connectivity index (χ4v) is 3.22. The van der Waals surface area contributed by atoms with Crippen molar-refractivity contribution in [3.8, 4) is 0 Å². The number of hydrogen-bond acceptors (Lipinski definition) is 3. The lowest BCUT2D eigenvalue weighted by Crippen LogP contribution is -2.30. The van der Waals surface area contributed by atoms with Crippen molar-refractivity contribution in [2.24, 2.45) is 0 Å². The van der Waals surface area contributed by atoms with Crippen LogP contribution in [0.4, 0.5) is 5.82 Å². The molecule has 0 N–H and O–H groups in total. The summed E-state index contributed by atoms with van der Waals surface area (Å²) in [5.41, 5.74) is 1.87. The van der Waals surface area contributed by atoms with Crippen LogP contribution in [-0.2, 0) is 0 Å². The molecule has 2 aliphatic rings. The van der Waals surface area contributed by atoms with Gasteiger partial charge in [0.25, 0.3) is 11.8 Å². The van der Waals surface area contributed by atoms with Crippen LogP contribution in [0.15, 0.2) is 48.5 Å². The van der Waals surface area contributed by atoms with Crippen molar-refractivity contribution < 1.29 is 9.59 Å². The van der Waals surface area contributed by atoms with E-state index in [4.69, 9.17) is 0 Å². The second-order valence-electron chi connectivity index (χ2n) is 6.01. The first-order chi connectivity index (χ1) is 11.3. The molecule has 0 radical (unpaired) electrons. The van der Waals surface area contributed by atoms with Gasteiger partial charge in [0.05, 0.1) is 22.7 Å². The normalized spacial score (nSPS) is 17.1. The standard InChI is InChI=1S/C18H13N3O2/c22-17-12-5-1-2-6-13(12)18(23)20(17)16-14-7-3-4-8-15(14)21(19-16)11-9-10-11/h1-8,11H,9-10H2. The van der Waals surface area contributed by atoms with E-state index in [9.17, 15) is 9.59 Å². The molecular weight excluding hydrogens is 290 g/mol. The van der Waals surface area contributed by atoms with Crippen molar-refractivity contribution >= 4 is 28.5 Å². The zero-order chi connectivity index (χ0) is 15.6. The molecule has 5 rings (SSSR count). The zero-order valence-electron chi connectivity index (χ0n) is 12.3. The van der Waals surface area contributed by atoms with Crippen LogP contribution < -0.4 is 4.90 Å². The Morgan fingerprint density at radius 1 is 0.870 bits per heavy atom. The predicted molar refractivity (Wildman–Crippen MR) is 85.6 cm³/mol. The number of hydrogen-bond donors (Lipinski definition) is 0. The molecule has 1 aliphatic heterocycles. The molecule has 1 aliphatic carbocycles. The third kappa shape index (κ3) is 1.64. The number of anilines is 1. The number of benzene rings is 2. The maximum atomic E-state index is 12.7. The fraction of sp³-hybridized carbons (Fsp3) is 0.167. The number of amides is 2. The highest BCUT2D eigenvalue weighted by molar-refractivity contribution is 6.35. The molecule has 5 nitrogen and oxygen atoms in total. The Balaban J connectivity index is 1.73. The Hall–Kier alpha value is -2.95. The van der Waals surface area contributed by atoms with E-state index < -0.39 is 0 Å². The van der Waals surface area contributed by atoms with E-state index >= 15 is 0 Å². The van der Waals surface area contributed by atoms with E-state index in [-0.39, 0.29) is 11.8 Å². The minimum Gasteiger partial charge on any atom is -0.268 e. The maximum Gasteiger partial charge on any atom is 0.267 e. The minimum absolute atomic E-state index is 0.295. The molecular formula is C18H13N3O2. The van der Waals surface area contributed by atoms with Gasteiger partial charge in [0.15, 0.2) is 5.82 Å². The quantitative estimate of drug-likeness (QED) is 0.683. The summed E-state index contributed by atoms with van der Waals surface area (Å²) in [7, 11) is 0. The molecule has 23 heavy (non-hydrogen) atoms. The summed E-state index contributed by atoms with van der Waals surface area (Å²) in [6.45, 7) is 0. The predicted octanol–water partition coefficient (Wildman–Crippen LogP) is 3.17. The van der Waals surface area contributed by atoms with E-state index in [0.29, 0.717) is 23.0 Å². The molecule has 2 heterocycles. The number of rotatable bonds is 2. The Bertz CT molecular complexity index is 950. The van der Waals surface area contributed by atoms with Gasteiger partial charge in [-0.2, -0.15) is 5.10 Å². The van der Waals surface area contributed by atoms with Crippen LogP contribution in [0.5, 0.6) is 0 Å². The van der Waals surface area contributed by atoms with Crippen molar-refractivity contribution in [3.05, 3.63) is 59.7 Å². The second-order valence-corrected chi connectivity index (χ2v) is 6.01. The molecule has 112 valence electrons. The van der Waals surface area contributed by atoms with E-state index in [2.05, 4.69) is 5.10 Å². The fourth-order valence-electron chi connectivity index (χ4n) is 3.22. The minimum atomic E-state index is -0.295. The van der Waals surface area contributed by atoms with Gasteiger partial charge in [0.1, 0.15) is 0 Å². The van der Waals surface area contributed by atoms with Gasteiger partial charge in [-0.1, -0.05) is 24.3 Å². The lowest BCUT2D eigenvalue weighted by atomic mass is 10.1. The summed E-state index contributed by atoms with van der Waals surface area (Å²) in [6.07, 6.45) is 2.18. The summed E-state index contributed by atoms with van der Waals surface area (Å²) in [5.74, 6) is -0.146. The van der Waals surface area contributed by atoms with Crippen LogP contribution in [0, 0.1) is 0 Å². The Morgan fingerprint density at radius 3 is 2.13 bits per heavy atom. The number of imide groups is 1. The maximum absolute atomic E-state index is 12.7. The van der Waals surface area contributed by atoms with Gasteiger partial charge in [-0.3, -0.25) is 14.3 Å². The molecule has 0 unspecified atom stereocenters. The lowest BCUT2D eigenvalue weighted by Gasteiger charge is -2.10. The Labute approximate surface area is 132 Å². The molecule has 1 fully saturated rings. The first kappa shape index (κ1) is 12.6. The van der Waals surface area contributed by atoms with Gasteiger partial charge >= 0.3 is 0 Å². The van der Waals surface area contributed by atoms with Crippen LogP contribution in [-0.4, -0.2) is 21.6 Å². The largest absolute Gasteiger partial charge is 0.268 e. The van der Waals surface area contributed by atoms with Crippen LogP contribution in [0.2, 0.25) is 0 Å². The van der Waals surface area contributed by atoms with Crippen molar-refractivity contribution in [1.82, 2.24) is 9.78 Å². The van der Waals surface area contributed by atoms with Gasteiger partial charge < -0.3 is 0 Å². The van der Waals surface area contributed by atoms with E-state index in [0.717, 1.165) is 23.7 Å². The SMILES string of the molecule is O=C1c2ccccc2C(=O)N1c1nn(C2CC2)c2ccccc12. The number of aromatic nitrogens is 2. The van der Waals surface area contributed by atoms with Crippen molar-refractivity contribution in [1.29, 1.82) is 0 Å². The van der Waals surface area contributed by atoms with Gasteiger partial charge in [0.2, 0.25) is 0 Å². The van der Waals surface area contributed by atoms with E-state index in [1.165, 1.54) is 4.90 Å². The summed E-state index contributed by atoms with van der Waals surface area (Å²) < 4.78 is 1.95. The summed E-state index contributed by atoms with van der Waals surface area (Å²) >= 11 is 0. The van der Waals surface area contributed by atoms with Crippen LogP contribution >= 0.6 is 0 Å². The van der Waals surface area contributed by atoms with Crippen LogP contribution in [0.25, 0.3) is 10.9 Å². The highest BCUT2D eigenvalue weighted by atomic mass is 16.2. The third-order valence-electron chi connectivity index (χ3n) is 4.49. The first-order valence-corrected chi connectivity index (χ1v) is 7.71. The molecule has 1 saturated carbocycles. The lowest BCUT2D eigenvalue weighted by molar-refractivity contribution is 0.0925. The van der Waals surface area contributed by atoms with Crippen LogP contribution in [0.1, 0.15) is 39.6 Å². The number of carbonyl (C=O) groups excluding carboxylic acids is 2. The van der Waals surface area contributed by atoms with Gasteiger partial charge in [-0.15, -0.1) is 0 Å². The number of para-hydroxylation sites is 1. The molecule has 2 aromatic carbocycles. The van der Waals surface area contributed by atoms with Crippen molar-refractivity contribution in [3.63, 3.8) is 0 Å². The third-order valence-corrected chi connectivity index (χ3v) is 4.49. The average molecular weight is 303 g/mol. The van der Waals surface area contributed by atoms with E-state index in [1.807, 2.05) is 28.9 Å². The van der Waals surface area contributed by atoms with Crippen molar-refractivity contribution in [2.75, 3.05) is 4.90 Å². The Morgan fingerprint density at radius 2 is 1.48 bits per heavy atom. The number of fused-ring (bicyclic) bond motifs is 2. The molecule has 0 bridgehead atoms. The highest BCUT2D eigenvalue weighted by Crippen LogP contribution is 2.40. The average Bonchev–Trinajstić information content (AvgIpc) is 3.32. The second kappa shape index (κ2) is 4.29. The number of nitrogens with zero attached hydrogens (tertiary/aromatic N) is 3. The molecule has 0 saturated heterocycles. The Kier molecular flexibility index (Phi) is 2.34. The molecule has 0 spiro atoms. The number of carbonyl (C=O) groups is 2. The van der Waals surface area contributed by atoms with Crippen LogP contribution in [0.3, 0.4) is 0 Å². The molecule has 2 amide bonds. The van der Waals surface area contributed by atoms with E-state index in [1.54, 1.807) is 24.3 Å². The summed E-state index contributed by atoms with van der Waals surface area (Å²) in [5, 5.41) is 5.46. The monoisotopic (exact) mass is 303 g/mol. The topological polar surface area (TPSA) is 55.2 Å². The highest BCUT2D eigenvalue weighted by Gasteiger charge is 2.39. The molecule has 1 aromatic heterocycles. The van der Waals surface area contributed by atoms with Crippen molar-refractivity contribution in [2.45, 2.75) is 18.9 Å². The molecule has 0 atom stereocenters. The molecule has 5 heteroatoms.